The molecule has 9 heteroatoms. The van der Waals surface area contributed by atoms with Crippen LogP contribution in [0.2, 0.25) is 5.02 Å². The summed E-state index contributed by atoms with van der Waals surface area (Å²) in [7, 11) is 3.02. The molecule has 7 nitrogen and oxygen atoms in total. The van der Waals surface area contributed by atoms with Gasteiger partial charge in [0.2, 0.25) is 0 Å². The molecule has 0 atom stereocenters. The molecule has 4 aromatic rings. The van der Waals surface area contributed by atoms with E-state index < -0.39 is 17.6 Å². The number of aromatic nitrogens is 1. The van der Waals surface area contributed by atoms with Gasteiger partial charge in [-0.3, -0.25) is 19.5 Å². The Kier molecular flexibility index (Phi) is 5.97. The van der Waals surface area contributed by atoms with Crippen LogP contribution >= 0.6 is 11.6 Å². The number of rotatable bonds is 6. The van der Waals surface area contributed by atoms with Crippen molar-refractivity contribution in [3.63, 3.8) is 0 Å². The summed E-state index contributed by atoms with van der Waals surface area (Å²) in [5, 5.41) is 11.4. The molecule has 0 spiro atoms. The standard InChI is InChI=1S/C27H20ClFN2O5/c1-35-18-5-4-16(22(11-18)36-2)13-31-26(33)19-10-17-8-15(7-14-3-6-21(29)20(28)9-14)12-30-24(17)25(32)23(19)27(31)34/h3-6,8-12,32H,7,13H2,1-2H3. The third-order valence-electron chi connectivity index (χ3n) is 6.15. The van der Waals surface area contributed by atoms with E-state index in [0.29, 0.717) is 28.9 Å². The van der Waals surface area contributed by atoms with Gasteiger partial charge in [-0.15, -0.1) is 0 Å². The van der Waals surface area contributed by atoms with Gasteiger partial charge in [-0.2, -0.15) is 0 Å². The summed E-state index contributed by atoms with van der Waals surface area (Å²) in [5.41, 5.74) is 2.38. The lowest BCUT2D eigenvalue weighted by Crippen LogP contribution is -2.29. The molecular formula is C27H20ClFN2O5. The van der Waals surface area contributed by atoms with Crippen LogP contribution in [0, 0.1) is 5.82 Å². The van der Waals surface area contributed by atoms with Gasteiger partial charge >= 0.3 is 0 Å². The van der Waals surface area contributed by atoms with Crippen LogP contribution < -0.4 is 9.47 Å². The predicted octanol–water partition coefficient (Wildman–Crippen LogP) is 5.14. The minimum atomic E-state index is -0.612. The van der Waals surface area contributed by atoms with Gasteiger partial charge < -0.3 is 14.6 Å². The molecule has 0 unspecified atom stereocenters. The number of pyridine rings is 1. The summed E-state index contributed by atoms with van der Waals surface area (Å²) in [6, 6.07) is 12.9. The number of methoxy groups -OCH3 is 2. The average Bonchev–Trinajstić information content (AvgIpc) is 3.11. The third-order valence-corrected chi connectivity index (χ3v) is 6.44. The zero-order valence-corrected chi connectivity index (χ0v) is 20.1. The van der Waals surface area contributed by atoms with Crippen molar-refractivity contribution in [1.82, 2.24) is 9.88 Å². The predicted molar refractivity (Wildman–Crippen MR) is 131 cm³/mol. The molecule has 3 aromatic carbocycles. The molecule has 182 valence electrons. The minimum absolute atomic E-state index is 0.0226. The quantitative estimate of drug-likeness (QED) is 0.364. The lowest BCUT2D eigenvalue weighted by atomic mass is 10.0. The molecule has 0 fully saturated rings. The van der Waals surface area contributed by atoms with Gasteiger partial charge in [-0.05, 0) is 53.9 Å². The lowest BCUT2D eigenvalue weighted by Gasteiger charge is -2.16. The zero-order valence-electron chi connectivity index (χ0n) is 19.3. The summed E-state index contributed by atoms with van der Waals surface area (Å²) >= 11 is 5.88. The van der Waals surface area contributed by atoms with Crippen LogP contribution in [0.15, 0.2) is 54.7 Å². The van der Waals surface area contributed by atoms with Crippen LogP contribution in [-0.2, 0) is 13.0 Å². The first-order valence-corrected chi connectivity index (χ1v) is 11.3. The van der Waals surface area contributed by atoms with Crippen molar-refractivity contribution in [2.24, 2.45) is 0 Å². The Labute approximate surface area is 210 Å². The second kappa shape index (κ2) is 9.13. The molecule has 1 aromatic heterocycles. The van der Waals surface area contributed by atoms with E-state index in [4.69, 9.17) is 21.1 Å². The van der Waals surface area contributed by atoms with Crippen molar-refractivity contribution in [1.29, 1.82) is 0 Å². The molecule has 1 N–H and O–H groups in total. The number of phenolic OH excluding ortho intramolecular Hbond substituents is 1. The summed E-state index contributed by atoms with van der Waals surface area (Å²) in [4.78, 5) is 31.8. The minimum Gasteiger partial charge on any atom is -0.505 e. The van der Waals surface area contributed by atoms with E-state index >= 15 is 0 Å². The molecular weight excluding hydrogens is 487 g/mol. The molecule has 0 saturated carbocycles. The normalized spacial score (nSPS) is 12.8. The molecule has 36 heavy (non-hydrogen) atoms. The number of carbonyl (C=O) groups is 2. The molecule has 0 saturated heterocycles. The monoisotopic (exact) mass is 506 g/mol. The fourth-order valence-electron chi connectivity index (χ4n) is 4.35. The van der Waals surface area contributed by atoms with E-state index in [0.717, 1.165) is 16.0 Å². The number of phenols is 1. The van der Waals surface area contributed by atoms with Gasteiger partial charge in [-0.1, -0.05) is 17.7 Å². The Morgan fingerprint density at radius 1 is 1.00 bits per heavy atom. The van der Waals surface area contributed by atoms with Gasteiger partial charge in [-0.25, -0.2) is 4.39 Å². The Bertz CT molecular complexity index is 1560. The number of imide groups is 1. The number of benzene rings is 3. The van der Waals surface area contributed by atoms with Crippen molar-refractivity contribution in [3.8, 4) is 17.2 Å². The van der Waals surface area contributed by atoms with Gasteiger partial charge in [0.15, 0.2) is 5.75 Å². The Hall–Kier alpha value is -4.17. The summed E-state index contributed by atoms with van der Waals surface area (Å²) < 4.78 is 24.1. The summed E-state index contributed by atoms with van der Waals surface area (Å²) in [6.45, 7) is -0.0424. The number of carbonyl (C=O) groups excluding carboxylic acids is 2. The Balaban J connectivity index is 1.49. The van der Waals surface area contributed by atoms with Gasteiger partial charge in [0.05, 0.1) is 36.9 Å². The number of fused-ring (bicyclic) bond motifs is 2. The first kappa shape index (κ1) is 23.6. The number of amides is 2. The first-order chi connectivity index (χ1) is 17.3. The zero-order chi connectivity index (χ0) is 25.6. The molecule has 0 radical (unpaired) electrons. The van der Waals surface area contributed by atoms with Crippen LogP contribution in [0.1, 0.15) is 37.4 Å². The first-order valence-electron chi connectivity index (χ1n) is 11.0. The third kappa shape index (κ3) is 3.99. The molecule has 0 bridgehead atoms. The topological polar surface area (TPSA) is 89.0 Å². The maximum absolute atomic E-state index is 13.5. The van der Waals surface area contributed by atoms with Crippen LogP contribution in [0.4, 0.5) is 4.39 Å². The number of nitrogens with zero attached hydrogens (tertiary/aromatic N) is 2. The highest BCUT2D eigenvalue weighted by molar-refractivity contribution is 6.30. The maximum Gasteiger partial charge on any atom is 0.265 e. The maximum atomic E-state index is 13.5. The largest absolute Gasteiger partial charge is 0.505 e. The van der Waals surface area contributed by atoms with Crippen molar-refractivity contribution in [2.45, 2.75) is 13.0 Å². The number of aromatic hydroxyl groups is 1. The number of hydrogen-bond donors (Lipinski definition) is 1. The van der Waals surface area contributed by atoms with Crippen molar-refractivity contribution >= 4 is 34.3 Å². The second-order valence-corrected chi connectivity index (χ2v) is 8.77. The lowest BCUT2D eigenvalue weighted by molar-refractivity contribution is 0.0640. The second-order valence-electron chi connectivity index (χ2n) is 8.36. The van der Waals surface area contributed by atoms with Crippen molar-refractivity contribution in [2.75, 3.05) is 14.2 Å². The van der Waals surface area contributed by atoms with E-state index in [2.05, 4.69) is 4.98 Å². The Morgan fingerprint density at radius 3 is 2.53 bits per heavy atom. The van der Waals surface area contributed by atoms with Crippen LogP contribution in [0.25, 0.3) is 10.9 Å². The molecule has 5 rings (SSSR count). The van der Waals surface area contributed by atoms with Crippen molar-refractivity contribution < 1.29 is 28.6 Å². The highest BCUT2D eigenvalue weighted by Gasteiger charge is 2.39. The van der Waals surface area contributed by atoms with Crippen molar-refractivity contribution in [3.05, 3.63) is 93.4 Å². The summed E-state index contributed by atoms with van der Waals surface area (Å²) in [6.07, 6.45) is 1.98. The fraction of sp³-hybridized carbons (Fsp3) is 0.148. The number of halogens is 2. The molecule has 2 amide bonds. The van der Waals surface area contributed by atoms with E-state index in [-0.39, 0.29) is 34.0 Å². The smallest absolute Gasteiger partial charge is 0.265 e. The van der Waals surface area contributed by atoms with E-state index in [1.165, 1.54) is 26.4 Å². The summed E-state index contributed by atoms with van der Waals surface area (Å²) in [5.74, 6) is -0.946. The highest BCUT2D eigenvalue weighted by atomic mass is 35.5. The van der Waals surface area contributed by atoms with Crippen LogP contribution in [-0.4, -0.2) is 41.0 Å². The van der Waals surface area contributed by atoms with Gasteiger partial charge in [0, 0.05) is 23.2 Å². The fourth-order valence-corrected chi connectivity index (χ4v) is 4.55. The highest BCUT2D eigenvalue weighted by Crippen LogP contribution is 2.38. The number of ether oxygens (including phenoxy) is 2. The van der Waals surface area contributed by atoms with Crippen LogP contribution in [0.3, 0.4) is 0 Å². The molecule has 1 aliphatic heterocycles. The van der Waals surface area contributed by atoms with E-state index in [1.807, 2.05) is 0 Å². The molecule has 0 aliphatic carbocycles. The average molecular weight is 507 g/mol. The molecule has 2 heterocycles. The van der Waals surface area contributed by atoms with Gasteiger partial charge in [0.1, 0.15) is 22.8 Å². The molecule has 1 aliphatic rings. The van der Waals surface area contributed by atoms with E-state index in [1.54, 1.807) is 42.6 Å². The Morgan fingerprint density at radius 2 is 1.81 bits per heavy atom. The van der Waals surface area contributed by atoms with Crippen LogP contribution in [0.5, 0.6) is 17.2 Å². The SMILES string of the molecule is COc1ccc(CN2C(=O)c3cc4cc(Cc5ccc(F)c(Cl)c5)cnc4c(O)c3C2=O)c(OC)c1. The van der Waals surface area contributed by atoms with Gasteiger partial charge in [0.25, 0.3) is 11.8 Å². The number of hydrogen-bond acceptors (Lipinski definition) is 6. The van der Waals surface area contributed by atoms with E-state index in [9.17, 15) is 19.1 Å².